The summed E-state index contributed by atoms with van der Waals surface area (Å²) in [4.78, 5) is 4.45. The molecule has 0 aliphatic carbocycles. The molecule has 2 aliphatic heterocycles. The van der Waals surface area contributed by atoms with Gasteiger partial charge in [0.15, 0.2) is 0 Å². The summed E-state index contributed by atoms with van der Waals surface area (Å²) in [5, 5.41) is 12.8. The van der Waals surface area contributed by atoms with Crippen molar-refractivity contribution in [3.63, 3.8) is 0 Å². The highest BCUT2D eigenvalue weighted by atomic mass is 16.7. The Bertz CT molecular complexity index is 635. The van der Waals surface area contributed by atoms with Crippen molar-refractivity contribution >= 4 is 18.4 Å². The highest BCUT2D eigenvalue weighted by Gasteiger charge is 2.51. The molecule has 3 rings (SSSR count). The van der Waals surface area contributed by atoms with E-state index in [9.17, 15) is 5.26 Å². The van der Waals surface area contributed by atoms with E-state index in [1.165, 1.54) is 0 Å². The normalized spacial score (nSPS) is 23.0. The molecule has 2 saturated heterocycles. The van der Waals surface area contributed by atoms with Gasteiger partial charge in [-0.3, -0.25) is 0 Å². The number of nitrogens with zero attached hydrogens (tertiary/aromatic N) is 2. The van der Waals surface area contributed by atoms with E-state index in [0.717, 1.165) is 31.5 Å². The molecular formula is C17H24BN3O3. The summed E-state index contributed by atoms with van der Waals surface area (Å²) in [6, 6.07) is 4.32. The van der Waals surface area contributed by atoms with Gasteiger partial charge in [0.25, 0.3) is 0 Å². The van der Waals surface area contributed by atoms with Crippen molar-refractivity contribution in [1.29, 1.82) is 5.26 Å². The minimum atomic E-state index is -0.508. The van der Waals surface area contributed by atoms with Gasteiger partial charge in [-0.25, -0.2) is 4.98 Å². The van der Waals surface area contributed by atoms with Crippen molar-refractivity contribution in [2.24, 2.45) is 0 Å². The number of nitrogens with one attached hydrogen (secondary N) is 1. The quantitative estimate of drug-likeness (QED) is 0.853. The Morgan fingerprint density at radius 2 is 1.83 bits per heavy atom. The van der Waals surface area contributed by atoms with Gasteiger partial charge in [0.05, 0.1) is 16.8 Å². The first-order chi connectivity index (χ1) is 11.3. The average Bonchev–Trinajstić information content (AvgIpc) is 2.77. The van der Waals surface area contributed by atoms with Gasteiger partial charge in [-0.1, -0.05) is 0 Å². The Labute approximate surface area is 143 Å². The summed E-state index contributed by atoms with van der Waals surface area (Å²) in [5.74, 6) is 0.615. The molecule has 3 heterocycles. The van der Waals surface area contributed by atoms with Crippen LogP contribution in [0.25, 0.3) is 0 Å². The maximum Gasteiger partial charge on any atom is 0.496 e. The SMILES string of the molecule is CC1(C)OB(c2cnc(NC3CCOCC3)c(C#N)c2)OC1(C)C. The van der Waals surface area contributed by atoms with E-state index < -0.39 is 18.3 Å². The van der Waals surface area contributed by atoms with Gasteiger partial charge in [-0.15, -0.1) is 0 Å². The van der Waals surface area contributed by atoms with Crippen LogP contribution < -0.4 is 10.8 Å². The Morgan fingerprint density at radius 3 is 2.42 bits per heavy atom. The topological polar surface area (TPSA) is 76.4 Å². The number of rotatable bonds is 3. The molecule has 6 nitrogen and oxygen atoms in total. The van der Waals surface area contributed by atoms with Crippen molar-refractivity contribution in [2.75, 3.05) is 18.5 Å². The van der Waals surface area contributed by atoms with Crippen molar-refractivity contribution in [1.82, 2.24) is 4.98 Å². The van der Waals surface area contributed by atoms with Gasteiger partial charge >= 0.3 is 7.12 Å². The maximum absolute atomic E-state index is 9.48. The van der Waals surface area contributed by atoms with E-state index in [1.807, 2.05) is 27.7 Å². The predicted octanol–water partition coefficient (Wildman–Crippen LogP) is 1.84. The molecule has 24 heavy (non-hydrogen) atoms. The third kappa shape index (κ3) is 3.27. The van der Waals surface area contributed by atoms with Crippen LogP contribution in [0.3, 0.4) is 0 Å². The van der Waals surface area contributed by atoms with E-state index >= 15 is 0 Å². The lowest BCUT2D eigenvalue weighted by Gasteiger charge is -2.32. The van der Waals surface area contributed by atoms with Crippen molar-refractivity contribution < 1.29 is 14.0 Å². The number of hydrogen-bond donors (Lipinski definition) is 1. The summed E-state index contributed by atoms with van der Waals surface area (Å²) in [6.07, 6.45) is 3.57. The first-order valence-electron chi connectivity index (χ1n) is 8.42. The third-order valence-corrected chi connectivity index (χ3v) is 5.12. The van der Waals surface area contributed by atoms with E-state index in [2.05, 4.69) is 16.4 Å². The summed E-state index contributed by atoms with van der Waals surface area (Å²) in [5.41, 5.74) is 0.448. The molecule has 2 fully saturated rings. The molecular weight excluding hydrogens is 305 g/mol. The summed E-state index contributed by atoms with van der Waals surface area (Å²) in [6.45, 7) is 9.51. The van der Waals surface area contributed by atoms with Crippen LogP contribution in [0.4, 0.5) is 5.82 Å². The van der Waals surface area contributed by atoms with Gasteiger partial charge in [-0.2, -0.15) is 5.26 Å². The fourth-order valence-electron chi connectivity index (χ4n) is 2.82. The standard InChI is InChI=1S/C17H24BN3O3/c1-16(2)17(3,4)24-18(23-16)13-9-12(10-19)15(20-11-13)21-14-5-7-22-8-6-14/h9,11,14H,5-8H2,1-4H3,(H,20,21). The Morgan fingerprint density at radius 1 is 1.21 bits per heavy atom. The number of nitriles is 1. The maximum atomic E-state index is 9.48. The van der Waals surface area contributed by atoms with Crippen LogP contribution in [0.5, 0.6) is 0 Å². The van der Waals surface area contributed by atoms with Crippen LogP contribution in [0, 0.1) is 11.3 Å². The molecule has 0 spiro atoms. The molecule has 1 aromatic rings. The summed E-state index contributed by atoms with van der Waals surface area (Å²) >= 11 is 0. The van der Waals surface area contributed by atoms with Gasteiger partial charge < -0.3 is 19.4 Å². The van der Waals surface area contributed by atoms with Crippen LogP contribution in [0.15, 0.2) is 12.3 Å². The molecule has 1 aromatic heterocycles. The lowest BCUT2D eigenvalue weighted by atomic mass is 9.79. The molecule has 7 heteroatoms. The largest absolute Gasteiger partial charge is 0.496 e. The van der Waals surface area contributed by atoms with Crippen molar-refractivity contribution in [3.8, 4) is 6.07 Å². The van der Waals surface area contributed by atoms with Crippen LogP contribution >= 0.6 is 0 Å². The number of aromatic nitrogens is 1. The summed E-state index contributed by atoms with van der Waals surface area (Å²) in [7, 11) is -0.508. The van der Waals surface area contributed by atoms with Gasteiger partial charge in [0, 0.05) is 30.9 Å². The monoisotopic (exact) mass is 329 g/mol. The minimum Gasteiger partial charge on any atom is -0.399 e. The second-order valence-electron chi connectivity index (χ2n) is 7.40. The third-order valence-electron chi connectivity index (χ3n) is 5.12. The van der Waals surface area contributed by atoms with E-state index in [1.54, 1.807) is 12.3 Å². The molecule has 0 radical (unpaired) electrons. The Balaban J connectivity index is 1.78. The number of hydrogen-bond acceptors (Lipinski definition) is 6. The van der Waals surface area contributed by atoms with Gasteiger partial charge in [-0.05, 0) is 46.6 Å². The minimum absolute atomic E-state index is 0.293. The lowest BCUT2D eigenvalue weighted by Crippen LogP contribution is -2.41. The summed E-state index contributed by atoms with van der Waals surface area (Å²) < 4.78 is 17.4. The van der Waals surface area contributed by atoms with Crippen LogP contribution in [0.1, 0.15) is 46.1 Å². The van der Waals surface area contributed by atoms with Crippen LogP contribution in [0.2, 0.25) is 0 Å². The fourth-order valence-corrected chi connectivity index (χ4v) is 2.82. The highest BCUT2D eigenvalue weighted by molar-refractivity contribution is 6.62. The zero-order valence-electron chi connectivity index (χ0n) is 14.8. The molecule has 0 bridgehead atoms. The van der Waals surface area contributed by atoms with Crippen LogP contribution in [-0.4, -0.2) is 42.6 Å². The second-order valence-corrected chi connectivity index (χ2v) is 7.40. The molecule has 0 unspecified atom stereocenters. The average molecular weight is 329 g/mol. The smallest absolute Gasteiger partial charge is 0.399 e. The van der Waals surface area contributed by atoms with E-state index in [4.69, 9.17) is 14.0 Å². The molecule has 0 atom stereocenters. The first-order valence-corrected chi connectivity index (χ1v) is 8.42. The Hall–Kier alpha value is -1.62. The van der Waals surface area contributed by atoms with Crippen molar-refractivity contribution in [2.45, 2.75) is 57.8 Å². The van der Waals surface area contributed by atoms with E-state index in [0.29, 0.717) is 17.4 Å². The van der Waals surface area contributed by atoms with E-state index in [-0.39, 0.29) is 0 Å². The zero-order chi connectivity index (χ0) is 17.4. The molecule has 0 saturated carbocycles. The fraction of sp³-hybridized carbons (Fsp3) is 0.647. The molecule has 1 N–H and O–H groups in total. The molecule has 128 valence electrons. The number of anilines is 1. The van der Waals surface area contributed by atoms with Crippen LogP contribution in [-0.2, 0) is 14.0 Å². The predicted molar refractivity (Wildman–Crippen MR) is 92.1 cm³/mol. The molecule has 2 aliphatic rings. The van der Waals surface area contributed by atoms with Gasteiger partial charge in [0.1, 0.15) is 11.9 Å². The molecule has 0 amide bonds. The second kappa shape index (κ2) is 6.36. The number of pyridine rings is 1. The lowest BCUT2D eigenvalue weighted by molar-refractivity contribution is 0.00578. The van der Waals surface area contributed by atoms with Crippen molar-refractivity contribution in [3.05, 3.63) is 17.8 Å². The highest BCUT2D eigenvalue weighted by Crippen LogP contribution is 2.36. The number of ether oxygens (including phenoxy) is 1. The molecule has 0 aromatic carbocycles. The zero-order valence-corrected chi connectivity index (χ0v) is 14.8. The first kappa shape index (κ1) is 17.2. The van der Waals surface area contributed by atoms with Gasteiger partial charge in [0.2, 0.25) is 0 Å². The Kier molecular flexibility index (Phi) is 4.56.